The Kier molecular flexibility index (Phi) is 19.9. The first-order valence-electron chi connectivity index (χ1n) is 13.8. The number of amides is 3. The molecule has 0 unspecified atom stereocenters. The number of aliphatic carboxylic acids is 1. The van der Waals surface area contributed by atoms with E-state index in [2.05, 4.69) is 22.9 Å². The van der Waals surface area contributed by atoms with Crippen LogP contribution in [0.15, 0.2) is 0 Å². The Labute approximate surface area is 212 Å². The maximum atomic E-state index is 12.2. The van der Waals surface area contributed by atoms with E-state index in [9.17, 15) is 19.2 Å². The number of carbonyl (C=O) groups excluding carboxylic acids is 3. The van der Waals surface area contributed by atoms with Crippen LogP contribution in [0.1, 0.15) is 130 Å². The lowest BCUT2D eigenvalue weighted by Gasteiger charge is -2.19. The van der Waals surface area contributed by atoms with Crippen molar-refractivity contribution < 1.29 is 24.3 Å². The first-order valence-corrected chi connectivity index (χ1v) is 13.8. The summed E-state index contributed by atoms with van der Waals surface area (Å²) < 4.78 is 0. The van der Waals surface area contributed by atoms with Crippen LogP contribution in [0.4, 0.5) is 0 Å². The Morgan fingerprint density at radius 2 is 0.886 bits per heavy atom. The molecular weight excluding hydrogens is 446 g/mol. The van der Waals surface area contributed by atoms with Gasteiger partial charge in [0.05, 0.1) is 0 Å². The van der Waals surface area contributed by atoms with E-state index >= 15 is 0 Å². The first kappa shape index (κ1) is 32.9. The van der Waals surface area contributed by atoms with Crippen LogP contribution in [0.3, 0.4) is 0 Å². The summed E-state index contributed by atoms with van der Waals surface area (Å²) in [4.78, 5) is 47.0. The summed E-state index contributed by atoms with van der Waals surface area (Å²) in [6, 6.07) is -2.72. The predicted octanol–water partition coefficient (Wildman–Crippen LogP) is 4.85. The molecule has 0 aromatic heterocycles. The van der Waals surface area contributed by atoms with Crippen molar-refractivity contribution in [3.63, 3.8) is 0 Å². The Hall–Kier alpha value is -2.12. The number of carboxylic acid groups (broad SMARTS) is 1. The van der Waals surface area contributed by atoms with Gasteiger partial charge in [-0.2, -0.15) is 0 Å². The first-order chi connectivity index (χ1) is 16.7. The Bertz CT molecular complexity index is 612. The molecule has 0 bridgehead atoms. The SMILES string of the molecule is CCCCCCCCCCCCCCCCCC(=O)N[C@@H](C)C(=O)N[C@@H](C)C(=O)N[C@@H](C)C(=O)O. The highest BCUT2D eigenvalue weighted by molar-refractivity contribution is 5.92. The van der Waals surface area contributed by atoms with Crippen LogP contribution in [-0.4, -0.2) is 46.9 Å². The van der Waals surface area contributed by atoms with Gasteiger partial charge in [-0.05, 0) is 27.2 Å². The van der Waals surface area contributed by atoms with Gasteiger partial charge < -0.3 is 21.1 Å². The van der Waals surface area contributed by atoms with E-state index in [0.29, 0.717) is 6.42 Å². The molecule has 204 valence electrons. The van der Waals surface area contributed by atoms with Crippen LogP contribution in [0.25, 0.3) is 0 Å². The van der Waals surface area contributed by atoms with Crippen molar-refractivity contribution in [3.05, 3.63) is 0 Å². The maximum Gasteiger partial charge on any atom is 0.325 e. The smallest absolute Gasteiger partial charge is 0.325 e. The van der Waals surface area contributed by atoms with Gasteiger partial charge in [0, 0.05) is 6.42 Å². The standard InChI is InChI=1S/C27H51N3O5/c1-5-6-7-8-9-10-11-12-13-14-15-16-17-18-19-20-24(31)28-21(2)25(32)29-22(3)26(33)30-23(4)27(34)35/h21-23H,5-20H2,1-4H3,(H,28,31)(H,29,32)(H,30,33)(H,34,35)/t21-,22-,23-/m0/s1. The van der Waals surface area contributed by atoms with Gasteiger partial charge in [-0.15, -0.1) is 0 Å². The number of unbranched alkanes of at least 4 members (excludes halogenated alkanes) is 14. The van der Waals surface area contributed by atoms with Gasteiger partial charge in [-0.1, -0.05) is 96.8 Å². The quantitative estimate of drug-likeness (QED) is 0.159. The molecule has 0 saturated heterocycles. The molecular formula is C27H51N3O5. The number of carboxylic acids is 1. The van der Waals surface area contributed by atoms with Crippen molar-refractivity contribution in [1.29, 1.82) is 0 Å². The topological polar surface area (TPSA) is 125 Å². The summed E-state index contributed by atoms with van der Waals surface area (Å²) in [5.74, 6) is -2.42. The Balaban J connectivity index is 3.71. The zero-order valence-corrected chi connectivity index (χ0v) is 22.6. The third-order valence-corrected chi connectivity index (χ3v) is 6.26. The number of nitrogens with one attached hydrogen (secondary N) is 3. The summed E-state index contributed by atoms with van der Waals surface area (Å²) in [6.07, 6.45) is 19.4. The van der Waals surface area contributed by atoms with Crippen molar-refractivity contribution >= 4 is 23.7 Å². The molecule has 0 aromatic rings. The molecule has 8 heteroatoms. The van der Waals surface area contributed by atoms with Gasteiger partial charge in [0.25, 0.3) is 0 Å². The highest BCUT2D eigenvalue weighted by Crippen LogP contribution is 2.13. The molecule has 0 heterocycles. The number of rotatable bonds is 22. The zero-order valence-electron chi connectivity index (χ0n) is 22.6. The molecule has 0 aliphatic rings. The molecule has 0 aliphatic carbocycles. The molecule has 0 saturated carbocycles. The molecule has 35 heavy (non-hydrogen) atoms. The monoisotopic (exact) mass is 497 g/mol. The third-order valence-electron chi connectivity index (χ3n) is 6.26. The highest BCUT2D eigenvalue weighted by Gasteiger charge is 2.23. The minimum atomic E-state index is -1.16. The average Bonchev–Trinajstić information content (AvgIpc) is 2.81. The molecule has 0 spiro atoms. The predicted molar refractivity (Wildman–Crippen MR) is 140 cm³/mol. The van der Waals surface area contributed by atoms with Gasteiger partial charge in [0.15, 0.2) is 0 Å². The second kappa shape index (κ2) is 21.2. The molecule has 0 fully saturated rings. The van der Waals surface area contributed by atoms with Crippen LogP contribution in [0.2, 0.25) is 0 Å². The van der Waals surface area contributed by atoms with Gasteiger partial charge in [-0.3, -0.25) is 19.2 Å². The van der Waals surface area contributed by atoms with Gasteiger partial charge >= 0.3 is 5.97 Å². The van der Waals surface area contributed by atoms with Crippen LogP contribution in [-0.2, 0) is 19.2 Å². The highest BCUT2D eigenvalue weighted by atomic mass is 16.4. The zero-order chi connectivity index (χ0) is 26.5. The van der Waals surface area contributed by atoms with Crippen molar-refractivity contribution in [2.75, 3.05) is 0 Å². The maximum absolute atomic E-state index is 12.2. The fourth-order valence-corrected chi connectivity index (χ4v) is 3.84. The lowest BCUT2D eigenvalue weighted by molar-refractivity contribution is -0.141. The summed E-state index contributed by atoms with van der Waals surface area (Å²) >= 11 is 0. The van der Waals surface area contributed by atoms with E-state index in [1.807, 2.05) is 0 Å². The van der Waals surface area contributed by atoms with E-state index < -0.39 is 35.9 Å². The van der Waals surface area contributed by atoms with Crippen LogP contribution in [0, 0.1) is 0 Å². The molecule has 0 aromatic carbocycles. The fourth-order valence-electron chi connectivity index (χ4n) is 3.84. The molecule has 0 rings (SSSR count). The summed E-state index contributed by atoms with van der Waals surface area (Å²) in [5, 5.41) is 16.3. The minimum Gasteiger partial charge on any atom is -0.480 e. The average molecular weight is 498 g/mol. The normalized spacial score (nSPS) is 13.5. The summed E-state index contributed by atoms with van der Waals surface area (Å²) in [7, 11) is 0. The van der Waals surface area contributed by atoms with E-state index in [4.69, 9.17) is 5.11 Å². The molecule has 4 N–H and O–H groups in total. The Morgan fingerprint density at radius 1 is 0.543 bits per heavy atom. The lowest BCUT2D eigenvalue weighted by atomic mass is 10.0. The summed E-state index contributed by atoms with van der Waals surface area (Å²) in [5.41, 5.74) is 0. The minimum absolute atomic E-state index is 0.182. The number of hydrogen-bond acceptors (Lipinski definition) is 4. The molecule has 0 radical (unpaired) electrons. The van der Waals surface area contributed by atoms with E-state index in [0.717, 1.165) is 19.3 Å². The third kappa shape index (κ3) is 18.8. The van der Waals surface area contributed by atoms with Crippen LogP contribution < -0.4 is 16.0 Å². The Morgan fingerprint density at radius 3 is 1.29 bits per heavy atom. The fraction of sp³-hybridized carbons (Fsp3) is 0.852. The molecule has 3 amide bonds. The van der Waals surface area contributed by atoms with Crippen molar-refractivity contribution in [2.45, 2.75) is 149 Å². The molecule has 3 atom stereocenters. The second-order valence-electron chi connectivity index (χ2n) is 9.79. The summed E-state index contributed by atoms with van der Waals surface area (Å²) in [6.45, 7) is 6.62. The van der Waals surface area contributed by atoms with Crippen molar-refractivity contribution in [2.24, 2.45) is 0 Å². The van der Waals surface area contributed by atoms with Gasteiger partial charge in [0.1, 0.15) is 18.1 Å². The van der Waals surface area contributed by atoms with Gasteiger partial charge in [-0.25, -0.2) is 0 Å². The van der Waals surface area contributed by atoms with Crippen LogP contribution in [0.5, 0.6) is 0 Å². The van der Waals surface area contributed by atoms with Gasteiger partial charge in [0.2, 0.25) is 17.7 Å². The number of hydrogen-bond donors (Lipinski definition) is 4. The molecule has 8 nitrogen and oxygen atoms in total. The largest absolute Gasteiger partial charge is 0.480 e. The van der Waals surface area contributed by atoms with Crippen LogP contribution >= 0.6 is 0 Å². The van der Waals surface area contributed by atoms with E-state index in [1.54, 1.807) is 6.92 Å². The van der Waals surface area contributed by atoms with Crippen molar-refractivity contribution in [1.82, 2.24) is 16.0 Å². The van der Waals surface area contributed by atoms with E-state index in [1.165, 1.54) is 90.9 Å². The number of carbonyl (C=O) groups is 4. The lowest BCUT2D eigenvalue weighted by Crippen LogP contribution is -2.53. The van der Waals surface area contributed by atoms with E-state index in [-0.39, 0.29) is 5.91 Å². The molecule has 0 aliphatic heterocycles. The second-order valence-corrected chi connectivity index (χ2v) is 9.79. The van der Waals surface area contributed by atoms with Crippen molar-refractivity contribution in [3.8, 4) is 0 Å².